The average Bonchev–Trinajstić information content (AvgIpc) is 3.00. The van der Waals surface area contributed by atoms with Crippen LogP contribution >= 0.6 is 11.3 Å². The van der Waals surface area contributed by atoms with Gasteiger partial charge < -0.3 is 9.64 Å². The van der Waals surface area contributed by atoms with Crippen molar-refractivity contribution in [1.29, 1.82) is 0 Å². The van der Waals surface area contributed by atoms with Gasteiger partial charge in [0.1, 0.15) is 0 Å². The first kappa shape index (κ1) is 16.7. The quantitative estimate of drug-likeness (QED) is 0.853. The Bertz CT molecular complexity index is 666. The molecule has 1 saturated carbocycles. The molecule has 5 nitrogen and oxygen atoms in total. The van der Waals surface area contributed by atoms with E-state index < -0.39 is 0 Å². The van der Waals surface area contributed by atoms with Crippen LogP contribution in [0.4, 0.5) is 5.13 Å². The Balaban J connectivity index is 1.80. The van der Waals surface area contributed by atoms with Crippen LogP contribution in [0.25, 0.3) is 4.96 Å². The molecule has 0 aliphatic heterocycles. The molecule has 1 fully saturated rings. The second-order valence-electron chi connectivity index (χ2n) is 8.12. The van der Waals surface area contributed by atoms with Crippen LogP contribution < -0.4 is 4.90 Å². The fourth-order valence-electron chi connectivity index (χ4n) is 3.33. The summed E-state index contributed by atoms with van der Waals surface area (Å²) < 4.78 is 7.76. The molecule has 6 heteroatoms. The first-order valence-electron chi connectivity index (χ1n) is 8.35. The van der Waals surface area contributed by atoms with E-state index in [-0.39, 0.29) is 10.8 Å². The summed E-state index contributed by atoms with van der Waals surface area (Å²) in [5, 5.41) is 5.77. The fourth-order valence-corrected chi connectivity index (χ4v) is 4.23. The highest BCUT2D eigenvalue weighted by Gasteiger charge is 2.51. The van der Waals surface area contributed by atoms with Crippen molar-refractivity contribution < 1.29 is 4.74 Å². The van der Waals surface area contributed by atoms with Gasteiger partial charge in [-0.25, -0.2) is 9.50 Å². The molecule has 2 heterocycles. The summed E-state index contributed by atoms with van der Waals surface area (Å²) in [6.07, 6.45) is 3.46. The molecule has 0 unspecified atom stereocenters. The molecule has 3 rings (SSSR count). The van der Waals surface area contributed by atoms with Gasteiger partial charge in [0, 0.05) is 30.5 Å². The van der Waals surface area contributed by atoms with Gasteiger partial charge in [-0.05, 0) is 13.3 Å². The third-order valence-electron chi connectivity index (χ3n) is 5.06. The summed E-state index contributed by atoms with van der Waals surface area (Å²) in [7, 11) is 2.14. The lowest BCUT2D eigenvalue weighted by atomic mass is 9.64. The number of hydrogen-bond donors (Lipinski definition) is 0. The zero-order valence-corrected chi connectivity index (χ0v) is 16.1. The lowest BCUT2D eigenvalue weighted by Crippen LogP contribution is -2.61. The van der Waals surface area contributed by atoms with E-state index >= 15 is 0 Å². The summed E-state index contributed by atoms with van der Waals surface area (Å²) in [4.78, 5) is 8.00. The number of ether oxygens (including phenoxy) is 1. The Morgan fingerprint density at radius 1 is 1.43 bits per heavy atom. The average molecular weight is 337 g/mol. The Morgan fingerprint density at radius 2 is 2.13 bits per heavy atom. The van der Waals surface area contributed by atoms with Gasteiger partial charge in [-0.3, -0.25) is 0 Å². The normalized spacial score (nSPS) is 24.0. The maximum atomic E-state index is 5.85. The molecule has 0 saturated heterocycles. The van der Waals surface area contributed by atoms with Gasteiger partial charge in [0.2, 0.25) is 10.1 Å². The Labute approximate surface area is 142 Å². The van der Waals surface area contributed by atoms with E-state index in [9.17, 15) is 0 Å². The SMILES string of the molecule is CCO[C@H]1C[C@@H](N(C)c2nn3cc(C(C)(C)C)nc3s2)C1(C)C. The number of imidazole rings is 1. The van der Waals surface area contributed by atoms with Crippen LogP contribution in [0.2, 0.25) is 0 Å². The van der Waals surface area contributed by atoms with Crippen LogP contribution in [0.3, 0.4) is 0 Å². The third-order valence-corrected chi connectivity index (χ3v) is 6.08. The van der Waals surface area contributed by atoms with Gasteiger partial charge in [-0.2, -0.15) is 0 Å². The summed E-state index contributed by atoms with van der Waals surface area (Å²) in [5.41, 5.74) is 1.29. The molecule has 0 radical (unpaired) electrons. The van der Waals surface area contributed by atoms with Crippen LogP contribution in [0.15, 0.2) is 6.20 Å². The van der Waals surface area contributed by atoms with Gasteiger partial charge in [0.25, 0.3) is 0 Å². The summed E-state index contributed by atoms with van der Waals surface area (Å²) in [6, 6.07) is 0.456. The fraction of sp³-hybridized carbons (Fsp3) is 0.765. The topological polar surface area (TPSA) is 42.7 Å². The van der Waals surface area contributed by atoms with Crippen LogP contribution in [0.5, 0.6) is 0 Å². The van der Waals surface area contributed by atoms with Crippen LogP contribution in [-0.4, -0.2) is 40.4 Å². The van der Waals surface area contributed by atoms with Crippen molar-refractivity contribution in [3.63, 3.8) is 0 Å². The molecule has 23 heavy (non-hydrogen) atoms. The molecule has 0 bridgehead atoms. The monoisotopic (exact) mass is 336 g/mol. The second kappa shape index (κ2) is 5.45. The van der Waals surface area contributed by atoms with E-state index in [0.29, 0.717) is 12.1 Å². The van der Waals surface area contributed by atoms with Gasteiger partial charge in [0.15, 0.2) is 0 Å². The predicted octanol–water partition coefficient (Wildman–Crippen LogP) is 3.73. The molecule has 1 aliphatic carbocycles. The van der Waals surface area contributed by atoms with E-state index in [1.54, 1.807) is 11.3 Å². The summed E-state index contributed by atoms with van der Waals surface area (Å²) >= 11 is 1.66. The maximum Gasteiger partial charge on any atom is 0.214 e. The van der Waals surface area contributed by atoms with E-state index in [1.807, 2.05) is 4.52 Å². The van der Waals surface area contributed by atoms with Crippen molar-refractivity contribution in [3.05, 3.63) is 11.9 Å². The standard InChI is InChI=1S/C17H28N4OS/c1-8-22-13-9-12(17(13,5)6)20(7)15-19-21-10-11(16(2,3)4)18-14(21)23-15/h10,12-13H,8-9H2,1-7H3/t12-,13+/m1/s1. The minimum absolute atomic E-state index is 0.0557. The van der Waals surface area contributed by atoms with Crippen LogP contribution in [-0.2, 0) is 10.2 Å². The number of anilines is 1. The van der Waals surface area contributed by atoms with E-state index in [1.165, 1.54) is 0 Å². The molecule has 0 spiro atoms. The van der Waals surface area contributed by atoms with Crippen molar-refractivity contribution in [1.82, 2.24) is 14.6 Å². The number of rotatable bonds is 4. The van der Waals surface area contributed by atoms with Crippen molar-refractivity contribution >= 4 is 21.4 Å². The van der Waals surface area contributed by atoms with Gasteiger partial charge in [0.05, 0.1) is 18.0 Å². The van der Waals surface area contributed by atoms with Crippen molar-refractivity contribution in [2.45, 2.75) is 65.5 Å². The largest absolute Gasteiger partial charge is 0.378 e. The number of hydrogen-bond acceptors (Lipinski definition) is 5. The third kappa shape index (κ3) is 2.76. The van der Waals surface area contributed by atoms with E-state index in [2.05, 4.69) is 59.7 Å². The highest BCUT2D eigenvalue weighted by molar-refractivity contribution is 7.20. The van der Waals surface area contributed by atoms with Crippen LogP contribution in [0.1, 0.15) is 53.7 Å². The smallest absolute Gasteiger partial charge is 0.214 e. The van der Waals surface area contributed by atoms with Crippen LogP contribution in [0, 0.1) is 5.41 Å². The Hall–Kier alpha value is -1.14. The number of fused-ring (bicyclic) bond motifs is 1. The molecular weight excluding hydrogens is 308 g/mol. The zero-order chi connectivity index (χ0) is 17.0. The first-order valence-corrected chi connectivity index (χ1v) is 9.17. The molecule has 1 aliphatic rings. The summed E-state index contributed by atoms with van der Waals surface area (Å²) in [6.45, 7) is 14.0. The van der Waals surface area contributed by atoms with E-state index in [0.717, 1.165) is 28.8 Å². The maximum absolute atomic E-state index is 5.85. The lowest BCUT2D eigenvalue weighted by Gasteiger charge is -2.54. The van der Waals surface area contributed by atoms with Gasteiger partial charge in [-0.1, -0.05) is 46.0 Å². The van der Waals surface area contributed by atoms with Gasteiger partial charge in [-0.15, -0.1) is 5.10 Å². The van der Waals surface area contributed by atoms with Crippen molar-refractivity contribution in [2.24, 2.45) is 5.41 Å². The van der Waals surface area contributed by atoms with Gasteiger partial charge >= 0.3 is 0 Å². The molecule has 0 aromatic carbocycles. The molecule has 2 aromatic rings. The molecule has 0 N–H and O–H groups in total. The van der Waals surface area contributed by atoms with Crippen molar-refractivity contribution in [2.75, 3.05) is 18.6 Å². The molecule has 2 atom stereocenters. The first-order chi connectivity index (χ1) is 10.6. The lowest BCUT2D eigenvalue weighted by molar-refractivity contribution is -0.104. The highest BCUT2D eigenvalue weighted by atomic mass is 32.1. The molecular formula is C17H28N4OS. The zero-order valence-electron chi connectivity index (χ0n) is 15.3. The molecule has 128 valence electrons. The Kier molecular flexibility index (Phi) is 3.96. The minimum Gasteiger partial charge on any atom is -0.378 e. The molecule has 0 amide bonds. The number of aromatic nitrogens is 3. The Morgan fingerprint density at radius 3 is 2.65 bits per heavy atom. The predicted molar refractivity (Wildman–Crippen MR) is 95.6 cm³/mol. The second-order valence-corrected chi connectivity index (χ2v) is 9.05. The van der Waals surface area contributed by atoms with Crippen molar-refractivity contribution in [3.8, 4) is 0 Å². The number of nitrogens with zero attached hydrogens (tertiary/aromatic N) is 4. The molecule has 2 aromatic heterocycles. The minimum atomic E-state index is 0.0557. The highest BCUT2D eigenvalue weighted by Crippen LogP contribution is 2.47. The summed E-state index contributed by atoms with van der Waals surface area (Å²) in [5.74, 6) is 0. The van der Waals surface area contributed by atoms with E-state index in [4.69, 9.17) is 14.8 Å².